The van der Waals surface area contributed by atoms with Crippen molar-refractivity contribution in [1.29, 1.82) is 0 Å². The molecule has 0 atom stereocenters. The van der Waals surface area contributed by atoms with Crippen molar-refractivity contribution in [2.45, 2.75) is 20.8 Å². The van der Waals surface area contributed by atoms with Crippen LogP contribution in [0.25, 0.3) is 47.5 Å². The van der Waals surface area contributed by atoms with Crippen molar-refractivity contribution in [1.82, 2.24) is 9.38 Å². The van der Waals surface area contributed by atoms with Gasteiger partial charge in [0.2, 0.25) is 0 Å². The van der Waals surface area contributed by atoms with E-state index in [4.69, 9.17) is 9.72 Å². The first kappa shape index (κ1) is 28.2. The van der Waals surface area contributed by atoms with Gasteiger partial charge in [0.05, 0.1) is 16.9 Å². The van der Waals surface area contributed by atoms with Gasteiger partial charge in [-0.25, -0.2) is 4.98 Å². The Labute approximate surface area is 287 Å². The number of rotatable bonds is 4. The van der Waals surface area contributed by atoms with E-state index in [1.165, 1.54) is 70.2 Å². The average molecular weight is 653 g/mol. The molecule has 236 valence electrons. The van der Waals surface area contributed by atoms with Gasteiger partial charge >= 0.3 is 0 Å². The summed E-state index contributed by atoms with van der Waals surface area (Å²) < 4.78 is 11.5. The van der Waals surface area contributed by atoms with Gasteiger partial charge in [-0.3, -0.25) is 4.40 Å². The summed E-state index contributed by atoms with van der Waals surface area (Å²) in [5.41, 5.74) is 10.8. The van der Waals surface area contributed by atoms with Crippen LogP contribution in [0.15, 0.2) is 128 Å². The van der Waals surface area contributed by atoms with Crippen molar-refractivity contribution in [2.75, 3.05) is 16.5 Å². The number of para-hydroxylation sites is 2. The lowest BCUT2D eigenvalue weighted by molar-refractivity contribution is 0.483. The fraction of sp³-hybridized carbons (Fsp3) is 0.0930. The van der Waals surface area contributed by atoms with Gasteiger partial charge in [0.1, 0.15) is 23.8 Å². The molecule has 0 saturated heterocycles. The Morgan fingerprint density at radius 1 is 0.633 bits per heavy atom. The summed E-state index contributed by atoms with van der Waals surface area (Å²) in [7, 11) is 0. The summed E-state index contributed by atoms with van der Waals surface area (Å²) in [5, 5.41) is 6.02. The van der Waals surface area contributed by atoms with Crippen molar-refractivity contribution in [3.05, 3.63) is 144 Å². The zero-order chi connectivity index (χ0) is 32.8. The second-order valence-electron chi connectivity index (χ2n) is 13.1. The molecule has 4 heterocycles. The number of pyridine rings is 1. The van der Waals surface area contributed by atoms with Crippen molar-refractivity contribution in [2.24, 2.45) is 0 Å². The van der Waals surface area contributed by atoms with Crippen molar-refractivity contribution >= 4 is 81.6 Å². The molecule has 0 aliphatic carbocycles. The highest BCUT2D eigenvalue weighted by atomic mass is 32.1. The maximum Gasteiger partial charge on any atom is 0.145 e. The van der Waals surface area contributed by atoms with Crippen molar-refractivity contribution in [3.8, 4) is 11.5 Å². The first-order chi connectivity index (χ1) is 24.0. The van der Waals surface area contributed by atoms with Crippen LogP contribution in [0.1, 0.15) is 16.7 Å². The summed E-state index contributed by atoms with van der Waals surface area (Å²) in [6.07, 6.45) is 3.98. The number of aromatic nitrogens is 2. The molecule has 0 N–H and O–H groups in total. The summed E-state index contributed by atoms with van der Waals surface area (Å²) in [5.74, 6) is 1.58. The molecule has 0 spiro atoms. The van der Waals surface area contributed by atoms with E-state index in [1.54, 1.807) is 0 Å². The Morgan fingerprint density at radius 3 is 2.24 bits per heavy atom. The second kappa shape index (κ2) is 10.6. The molecule has 9 aromatic rings. The number of nitrogens with zero attached hydrogens (tertiary/aromatic N) is 4. The maximum absolute atomic E-state index is 6.61. The lowest BCUT2D eigenvalue weighted by atomic mass is 10.0. The Hall–Kier alpha value is -5.85. The van der Waals surface area contributed by atoms with Crippen LogP contribution >= 0.6 is 11.3 Å². The third-order valence-electron chi connectivity index (χ3n) is 9.94. The third-order valence-corrected chi connectivity index (χ3v) is 11.1. The largest absolute Gasteiger partial charge is 0.457 e. The molecule has 1 aliphatic rings. The standard InChI is InChI=1S/C43H32N4OS/c1-26-21-27(2)41(28(3)22-26)47-25-46(36-12-5-6-13-37(36)47)29-9-8-10-30(23-29)48-31-15-16-32-33-17-18-39-40(34-11-4-7-14-38(34)49-39)42(33)45-20-19-44-43(45)35(32)24-31/h4-24H,25H2,1-3H3. The second-order valence-corrected chi connectivity index (χ2v) is 14.2. The molecule has 10 rings (SSSR count). The zero-order valence-corrected chi connectivity index (χ0v) is 28.3. The van der Waals surface area contributed by atoms with Crippen LogP contribution in [0.4, 0.5) is 22.7 Å². The van der Waals surface area contributed by atoms with E-state index in [2.05, 4.69) is 150 Å². The monoisotopic (exact) mass is 652 g/mol. The highest BCUT2D eigenvalue weighted by Crippen LogP contribution is 2.47. The lowest BCUT2D eigenvalue weighted by Gasteiger charge is -2.25. The van der Waals surface area contributed by atoms with E-state index < -0.39 is 0 Å². The van der Waals surface area contributed by atoms with E-state index in [0.717, 1.165) is 34.9 Å². The van der Waals surface area contributed by atoms with Crippen LogP contribution in [0, 0.1) is 20.8 Å². The predicted octanol–water partition coefficient (Wildman–Crippen LogP) is 12.0. The number of ether oxygens (including phenoxy) is 1. The number of anilines is 4. The summed E-state index contributed by atoms with van der Waals surface area (Å²) in [6.45, 7) is 7.31. The van der Waals surface area contributed by atoms with Crippen LogP contribution in [-0.2, 0) is 0 Å². The SMILES string of the molecule is Cc1cc(C)c(N2CN(c3cccc(Oc4ccc5c(c4)c4nccn4c4c5ccc5sc6ccccc6c54)c3)c3ccccc32)c(C)c1. The first-order valence-electron chi connectivity index (χ1n) is 16.6. The molecule has 6 heteroatoms. The van der Waals surface area contributed by atoms with Gasteiger partial charge in [-0.1, -0.05) is 60.2 Å². The molecular weight excluding hydrogens is 621 g/mol. The molecule has 5 nitrogen and oxygen atoms in total. The Balaban J connectivity index is 1.04. The molecular formula is C43H32N4OS. The molecule has 0 radical (unpaired) electrons. The van der Waals surface area contributed by atoms with Gasteiger partial charge in [-0.2, -0.15) is 0 Å². The average Bonchev–Trinajstić information content (AvgIpc) is 3.84. The summed E-state index contributed by atoms with van der Waals surface area (Å²) >= 11 is 1.84. The minimum absolute atomic E-state index is 0.723. The van der Waals surface area contributed by atoms with Crippen LogP contribution in [-0.4, -0.2) is 16.1 Å². The van der Waals surface area contributed by atoms with E-state index in [1.807, 2.05) is 23.6 Å². The fourth-order valence-electron chi connectivity index (χ4n) is 8.03. The molecule has 0 amide bonds. The number of hydrogen-bond donors (Lipinski definition) is 0. The number of aryl methyl sites for hydroxylation is 3. The molecule has 0 bridgehead atoms. The van der Waals surface area contributed by atoms with E-state index in [0.29, 0.717) is 0 Å². The normalized spacial score (nSPS) is 13.0. The van der Waals surface area contributed by atoms with Gasteiger partial charge in [0, 0.05) is 60.8 Å². The summed E-state index contributed by atoms with van der Waals surface area (Å²) in [6, 6.07) is 41.2. The molecule has 0 fully saturated rings. The zero-order valence-electron chi connectivity index (χ0n) is 27.4. The van der Waals surface area contributed by atoms with Crippen LogP contribution in [0.5, 0.6) is 11.5 Å². The Bertz CT molecular complexity index is 2770. The molecule has 0 saturated carbocycles. The number of imidazole rings is 1. The highest BCUT2D eigenvalue weighted by Gasteiger charge is 2.29. The van der Waals surface area contributed by atoms with Gasteiger partial charge in [0.15, 0.2) is 0 Å². The predicted molar refractivity (Wildman–Crippen MR) is 206 cm³/mol. The van der Waals surface area contributed by atoms with Crippen LogP contribution in [0.2, 0.25) is 0 Å². The minimum atomic E-state index is 0.723. The fourth-order valence-corrected chi connectivity index (χ4v) is 9.14. The lowest BCUT2D eigenvalue weighted by Crippen LogP contribution is -2.25. The quantitative estimate of drug-likeness (QED) is 0.177. The number of fused-ring (bicyclic) bond motifs is 11. The van der Waals surface area contributed by atoms with E-state index in [9.17, 15) is 0 Å². The molecule has 49 heavy (non-hydrogen) atoms. The van der Waals surface area contributed by atoms with Gasteiger partial charge in [0.25, 0.3) is 0 Å². The van der Waals surface area contributed by atoms with Crippen LogP contribution < -0.4 is 14.5 Å². The molecule has 1 aliphatic heterocycles. The third kappa shape index (κ3) is 4.27. The molecule has 3 aromatic heterocycles. The van der Waals surface area contributed by atoms with Crippen LogP contribution in [0.3, 0.4) is 0 Å². The number of thiophene rings is 1. The minimum Gasteiger partial charge on any atom is -0.457 e. The molecule has 6 aromatic carbocycles. The van der Waals surface area contributed by atoms with E-state index in [-0.39, 0.29) is 0 Å². The number of benzene rings is 6. The first-order valence-corrected chi connectivity index (χ1v) is 17.5. The summed E-state index contributed by atoms with van der Waals surface area (Å²) in [4.78, 5) is 9.66. The van der Waals surface area contributed by atoms with Gasteiger partial charge in [-0.15, -0.1) is 11.3 Å². The van der Waals surface area contributed by atoms with Crippen molar-refractivity contribution in [3.63, 3.8) is 0 Å². The van der Waals surface area contributed by atoms with Crippen molar-refractivity contribution < 1.29 is 4.74 Å². The molecule has 0 unspecified atom stereocenters. The highest BCUT2D eigenvalue weighted by molar-refractivity contribution is 7.26. The maximum atomic E-state index is 6.61. The van der Waals surface area contributed by atoms with Gasteiger partial charge in [-0.05, 0) is 91.9 Å². The Morgan fingerprint density at radius 2 is 1.39 bits per heavy atom. The van der Waals surface area contributed by atoms with Gasteiger partial charge < -0.3 is 14.5 Å². The van der Waals surface area contributed by atoms with E-state index >= 15 is 0 Å². The smallest absolute Gasteiger partial charge is 0.145 e. The topological polar surface area (TPSA) is 33.0 Å². The Kier molecular flexibility index (Phi) is 6.08. The number of hydrogen-bond acceptors (Lipinski definition) is 5.